The molecule has 0 aliphatic heterocycles. The SMILES string of the molecule is [K+].[O-]P(O)On1cccc1.c1ccc(-c2ccccc2)cc1. The van der Waals surface area contributed by atoms with Crippen molar-refractivity contribution in [2.75, 3.05) is 0 Å². The van der Waals surface area contributed by atoms with Crippen molar-refractivity contribution in [3.05, 3.63) is 85.2 Å². The molecule has 0 aliphatic carbocycles. The molecule has 3 aromatic rings. The summed E-state index contributed by atoms with van der Waals surface area (Å²) in [6.45, 7) is 0. The van der Waals surface area contributed by atoms with E-state index in [9.17, 15) is 4.89 Å². The number of aromatic nitrogens is 1. The van der Waals surface area contributed by atoms with Gasteiger partial charge in [0.2, 0.25) is 0 Å². The Bertz CT molecular complexity index is 581. The zero-order valence-electron chi connectivity index (χ0n) is 12.2. The first kappa shape index (κ1) is 19.6. The summed E-state index contributed by atoms with van der Waals surface area (Å²) in [5.74, 6) is 0. The van der Waals surface area contributed by atoms with Gasteiger partial charge < -0.3 is 14.4 Å². The van der Waals surface area contributed by atoms with Crippen LogP contribution in [0.4, 0.5) is 0 Å². The third kappa shape index (κ3) is 7.18. The van der Waals surface area contributed by atoms with Crippen LogP contribution in [0.1, 0.15) is 0 Å². The summed E-state index contributed by atoms with van der Waals surface area (Å²) < 4.78 is 5.50. The van der Waals surface area contributed by atoms with Gasteiger partial charge in [-0.1, -0.05) is 60.7 Å². The van der Waals surface area contributed by atoms with Crippen LogP contribution in [-0.2, 0) is 0 Å². The Hall–Kier alpha value is -0.494. The van der Waals surface area contributed by atoms with Gasteiger partial charge in [-0.25, -0.2) is 0 Å². The minimum atomic E-state index is -2.54. The van der Waals surface area contributed by atoms with Gasteiger partial charge in [0.05, 0.1) is 0 Å². The molecule has 6 heteroatoms. The fraction of sp³-hybridized carbons (Fsp3) is 0. The van der Waals surface area contributed by atoms with Gasteiger partial charge in [-0.3, -0.25) is 0 Å². The molecule has 0 bridgehead atoms. The Morgan fingerprint density at radius 2 is 1.18 bits per heavy atom. The van der Waals surface area contributed by atoms with Gasteiger partial charge in [0, 0.05) is 12.4 Å². The van der Waals surface area contributed by atoms with Gasteiger partial charge >= 0.3 is 51.4 Å². The molecule has 0 aliphatic rings. The van der Waals surface area contributed by atoms with Crippen molar-refractivity contribution < 1.29 is 65.8 Å². The first-order valence-corrected chi connectivity index (χ1v) is 7.47. The zero-order valence-corrected chi connectivity index (χ0v) is 16.3. The van der Waals surface area contributed by atoms with E-state index in [0.29, 0.717) is 0 Å². The smallest absolute Gasteiger partial charge is 0.774 e. The summed E-state index contributed by atoms with van der Waals surface area (Å²) in [5, 5.41) is 0. The maximum atomic E-state index is 9.97. The quantitative estimate of drug-likeness (QED) is 0.534. The van der Waals surface area contributed by atoms with Crippen molar-refractivity contribution in [2.45, 2.75) is 0 Å². The number of benzene rings is 2. The Labute approximate surface area is 173 Å². The van der Waals surface area contributed by atoms with Crippen LogP contribution in [0, 0.1) is 0 Å². The molecule has 0 fully saturated rings. The third-order valence-corrected chi connectivity index (χ3v) is 2.95. The van der Waals surface area contributed by atoms with Crippen molar-refractivity contribution in [1.82, 2.24) is 4.73 Å². The van der Waals surface area contributed by atoms with Crippen LogP contribution >= 0.6 is 8.60 Å². The van der Waals surface area contributed by atoms with Gasteiger partial charge in [0.15, 0.2) is 8.60 Å². The molecule has 22 heavy (non-hydrogen) atoms. The Morgan fingerprint density at radius 1 is 0.773 bits per heavy atom. The molecule has 1 aromatic heterocycles. The van der Waals surface area contributed by atoms with Gasteiger partial charge in [-0.2, -0.15) is 4.73 Å². The van der Waals surface area contributed by atoms with Gasteiger partial charge in [-0.05, 0) is 23.3 Å². The molecule has 2 aromatic carbocycles. The van der Waals surface area contributed by atoms with Crippen LogP contribution in [0.15, 0.2) is 85.2 Å². The third-order valence-electron chi connectivity index (χ3n) is 2.62. The molecule has 108 valence electrons. The predicted molar refractivity (Wildman–Crippen MR) is 82.0 cm³/mol. The second kappa shape index (κ2) is 11.1. The predicted octanol–water partition coefficient (Wildman–Crippen LogP) is -0.146. The van der Waals surface area contributed by atoms with Crippen LogP contribution in [-0.4, -0.2) is 9.62 Å². The van der Waals surface area contributed by atoms with Crippen LogP contribution in [0.2, 0.25) is 0 Å². The van der Waals surface area contributed by atoms with Crippen LogP contribution in [0.5, 0.6) is 0 Å². The van der Waals surface area contributed by atoms with E-state index in [4.69, 9.17) is 4.89 Å². The molecule has 0 saturated carbocycles. The van der Waals surface area contributed by atoms with E-state index in [-0.39, 0.29) is 51.4 Å². The van der Waals surface area contributed by atoms with E-state index in [0.717, 1.165) is 0 Å². The van der Waals surface area contributed by atoms with E-state index in [1.54, 1.807) is 12.1 Å². The Morgan fingerprint density at radius 3 is 1.55 bits per heavy atom. The first-order valence-electron chi connectivity index (χ1n) is 6.34. The van der Waals surface area contributed by atoms with E-state index in [1.807, 2.05) is 12.1 Å². The van der Waals surface area contributed by atoms with Gasteiger partial charge in [0.1, 0.15) is 0 Å². The minimum Gasteiger partial charge on any atom is -0.774 e. The van der Waals surface area contributed by atoms with E-state index >= 15 is 0 Å². The second-order valence-electron chi connectivity index (χ2n) is 4.09. The maximum absolute atomic E-state index is 9.97. The number of hydrogen-bond donors (Lipinski definition) is 1. The van der Waals surface area contributed by atoms with Crippen LogP contribution < -0.4 is 60.9 Å². The van der Waals surface area contributed by atoms with Crippen LogP contribution in [0.3, 0.4) is 0 Å². The molecule has 0 radical (unpaired) electrons. The van der Waals surface area contributed by atoms with Gasteiger partial charge in [0.25, 0.3) is 0 Å². The zero-order chi connectivity index (χ0) is 14.9. The first-order chi connectivity index (χ1) is 10.3. The molecular formula is C16H15KNO3P. The van der Waals surface area contributed by atoms with Crippen LogP contribution in [0.25, 0.3) is 11.1 Å². The molecule has 4 nitrogen and oxygen atoms in total. The normalized spacial score (nSPS) is 10.6. The second-order valence-corrected chi connectivity index (χ2v) is 4.73. The Kier molecular flexibility index (Phi) is 9.87. The minimum absolute atomic E-state index is 0. The van der Waals surface area contributed by atoms with E-state index < -0.39 is 8.60 Å². The van der Waals surface area contributed by atoms with Crippen molar-refractivity contribution in [3.8, 4) is 11.1 Å². The van der Waals surface area contributed by atoms with Crippen molar-refractivity contribution in [1.29, 1.82) is 0 Å². The number of rotatable bonds is 3. The molecule has 1 atom stereocenters. The molecule has 3 rings (SSSR count). The van der Waals surface area contributed by atoms with E-state index in [2.05, 4.69) is 53.2 Å². The van der Waals surface area contributed by atoms with Crippen molar-refractivity contribution in [2.24, 2.45) is 0 Å². The molecule has 1 N–H and O–H groups in total. The number of nitrogens with zero attached hydrogens (tertiary/aromatic N) is 1. The summed E-state index contributed by atoms with van der Waals surface area (Å²) in [7, 11) is -2.54. The van der Waals surface area contributed by atoms with Gasteiger partial charge in [-0.15, -0.1) is 0 Å². The van der Waals surface area contributed by atoms with Crippen molar-refractivity contribution in [3.63, 3.8) is 0 Å². The van der Waals surface area contributed by atoms with Crippen molar-refractivity contribution >= 4 is 8.60 Å². The summed E-state index contributed by atoms with van der Waals surface area (Å²) in [6, 6.07) is 24.2. The monoisotopic (exact) mass is 339 g/mol. The average molecular weight is 339 g/mol. The topological polar surface area (TPSA) is 57.4 Å². The average Bonchev–Trinajstić information content (AvgIpc) is 3.02. The summed E-state index contributed by atoms with van der Waals surface area (Å²) in [5.41, 5.74) is 2.55. The summed E-state index contributed by atoms with van der Waals surface area (Å²) in [6.07, 6.45) is 3.06. The molecule has 0 saturated heterocycles. The molecule has 0 amide bonds. The molecule has 1 heterocycles. The maximum Gasteiger partial charge on any atom is 1.00 e. The Balaban J connectivity index is 0.000000219. The summed E-state index contributed by atoms with van der Waals surface area (Å²) in [4.78, 5) is 18.2. The summed E-state index contributed by atoms with van der Waals surface area (Å²) >= 11 is 0. The molecular weight excluding hydrogens is 324 g/mol. The number of hydrogen-bond acceptors (Lipinski definition) is 3. The fourth-order valence-corrected chi connectivity index (χ4v) is 1.99. The largest absolute Gasteiger partial charge is 1.00 e. The fourth-order valence-electron chi connectivity index (χ4n) is 1.72. The standard InChI is InChI=1S/C12H10.C4H5NO3P.K/c1-3-7-11(8-4-1)12-9-5-2-6-10-12;6-9(7)8-5-3-1-2-4-5;/h1-10H;1-4,6H;/q;-1;+1. The van der Waals surface area contributed by atoms with E-state index in [1.165, 1.54) is 28.3 Å². The molecule has 1 unspecified atom stereocenters. The molecule has 0 spiro atoms.